The Labute approximate surface area is 171 Å². The van der Waals surface area contributed by atoms with E-state index in [1.54, 1.807) is 0 Å². The quantitative estimate of drug-likeness (QED) is 0.244. The van der Waals surface area contributed by atoms with E-state index >= 15 is 0 Å². The molecule has 0 bridgehead atoms. The van der Waals surface area contributed by atoms with Gasteiger partial charge >= 0.3 is 0 Å². The molecule has 1 rings (SSSR count). The highest BCUT2D eigenvalue weighted by molar-refractivity contribution is 6.13. The van der Waals surface area contributed by atoms with Crippen molar-refractivity contribution in [2.24, 2.45) is 0 Å². The van der Waals surface area contributed by atoms with Crippen molar-refractivity contribution in [3.8, 4) is 0 Å². The zero-order valence-electron chi connectivity index (χ0n) is 17.2. The first-order valence-electron chi connectivity index (χ1n) is 9.85. The van der Waals surface area contributed by atoms with Gasteiger partial charge in [-0.05, 0) is 33.0 Å². The number of amides is 5. The lowest BCUT2D eigenvalue weighted by Crippen LogP contribution is -2.43. The maximum Gasteiger partial charge on any atom is 0.253 e. The van der Waals surface area contributed by atoms with Crippen LogP contribution in [0.15, 0.2) is 12.2 Å². The van der Waals surface area contributed by atoms with Crippen LogP contribution in [0.3, 0.4) is 0 Å². The standard InChI is InChI=1S/C19H31N5O5/c1-3-4-10-23(2)11-5-9-20-16(26)13-22-17(27)14-21-15(25)8-12-24-18(28)6-7-19(24)29/h6-7H,3-5,8-14H2,1-2H3,(H,20,26)(H,21,25)(H,22,27). The van der Waals surface area contributed by atoms with E-state index in [9.17, 15) is 24.0 Å². The number of imide groups is 1. The number of carbonyl (C=O) groups excluding carboxylic acids is 5. The summed E-state index contributed by atoms with van der Waals surface area (Å²) in [5.74, 6) is -2.18. The van der Waals surface area contributed by atoms with Crippen molar-refractivity contribution in [1.29, 1.82) is 0 Å². The molecule has 29 heavy (non-hydrogen) atoms. The molecule has 10 heteroatoms. The largest absolute Gasteiger partial charge is 0.355 e. The van der Waals surface area contributed by atoms with Crippen LogP contribution in [-0.2, 0) is 24.0 Å². The Morgan fingerprint density at radius 2 is 1.45 bits per heavy atom. The molecule has 0 aromatic rings. The van der Waals surface area contributed by atoms with E-state index in [-0.39, 0.29) is 32.0 Å². The Morgan fingerprint density at radius 1 is 0.897 bits per heavy atom. The highest BCUT2D eigenvalue weighted by atomic mass is 16.2. The van der Waals surface area contributed by atoms with Gasteiger partial charge in [-0.1, -0.05) is 13.3 Å². The fourth-order valence-corrected chi connectivity index (χ4v) is 2.55. The summed E-state index contributed by atoms with van der Waals surface area (Å²) in [6.07, 6.45) is 5.31. The molecule has 0 saturated carbocycles. The van der Waals surface area contributed by atoms with Crippen LogP contribution in [-0.4, -0.2) is 85.7 Å². The fourth-order valence-electron chi connectivity index (χ4n) is 2.55. The molecule has 10 nitrogen and oxygen atoms in total. The van der Waals surface area contributed by atoms with Gasteiger partial charge in [-0.2, -0.15) is 0 Å². The van der Waals surface area contributed by atoms with Gasteiger partial charge in [0.05, 0.1) is 13.1 Å². The summed E-state index contributed by atoms with van der Waals surface area (Å²) >= 11 is 0. The number of rotatable bonds is 14. The predicted octanol–water partition coefficient (Wildman–Crippen LogP) is -1.23. The zero-order valence-corrected chi connectivity index (χ0v) is 17.2. The third-order valence-corrected chi connectivity index (χ3v) is 4.29. The molecule has 0 aromatic carbocycles. The van der Waals surface area contributed by atoms with E-state index in [2.05, 4.69) is 27.8 Å². The molecule has 0 atom stereocenters. The van der Waals surface area contributed by atoms with Crippen molar-refractivity contribution in [3.63, 3.8) is 0 Å². The van der Waals surface area contributed by atoms with Crippen LogP contribution >= 0.6 is 0 Å². The van der Waals surface area contributed by atoms with E-state index < -0.39 is 23.6 Å². The molecule has 0 saturated heterocycles. The van der Waals surface area contributed by atoms with Crippen LogP contribution in [0.5, 0.6) is 0 Å². The molecular formula is C19H31N5O5. The van der Waals surface area contributed by atoms with Gasteiger partial charge in [0.25, 0.3) is 11.8 Å². The molecule has 162 valence electrons. The predicted molar refractivity (Wildman–Crippen MR) is 107 cm³/mol. The summed E-state index contributed by atoms with van der Waals surface area (Å²) in [4.78, 5) is 61.0. The summed E-state index contributed by atoms with van der Waals surface area (Å²) in [6, 6.07) is 0. The summed E-state index contributed by atoms with van der Waals surface area (Å²) < 4.78 is 0. The molecule has 1 heterocycles. The van der Waals surface area contributed by atoms with Gasteiger partial charge in [-0.25, -0.2) is 0 Å². The average Bonchev–Trinajstić information content (AvgIpc) is 3.02. The molecule has 0 unspecified atom stereocenters. The van der Waals surface area contributed by atoms with Gasteiger partial charge in [0.15, 0.2) is 0 Å². The maximum absolute atomic E-state index is 11.7. The van der Waals surface area contributed by atoms with E-state index in [0.29, 0.717) is 6.54 Å². The molecule has 0 aliphatic carbocycles. The number of carbonyl (C=O) groups is 5. The monoisotopic (exact) mass is 409 g/mol. The first-order chi connectivity index (χ1) is 13.8. The first-order valence-corrected chi connectivity index (χ1v) is 9.85. The van der Waals surface area contributed by atoms with Crippen LogP contribution in [0.2, 0.25) is 0 Å². The SMILES string of the molecule is CCCCN(C)CCCNC(=O)CNC(=O)CNC(=O)CCN1C(=O)C=CC1=O. The topological polar surface area (TPSA) is 128 Å². The van der Waals surface area contributed by atoms with Gasteiger partial charge in [0, 0.05) is 31.7 Å². The first kappa shape index (κ1) is 24.3. The molecule has 0 spiro atoms. The summed E-state index contributed by atoms with van der Waals surface area (Å²) in [5.41, 5.74) is 0. The maximum atomic E-state index is 11.7. The van der Waals surface area contributed by atoms with Crippen LogP contribution in [0.1, 0.15) is 32.6 Å². The number of nitrogens with one attached hydrogen (secondary N) is 3. The third kappa shape index (κ3) is 10.4. The van der Waals surface area contributed by atoms with Crippen molar-refractivity contribution in [2.45, 2.75) is 32.6 Å². The van der Waals surface area contributed by atoms with E-state index in [1.165, 1.54) is 0 Å². The third-order valence-electron chi connectivity index (χ3n) is 4.29. The Hall–Kier alpha value is -2.75. The zero-order chi connectivity index (χ0) is 21.6. The van der Waals surface area contributed by atoms with Gasteiger partial charge in [0.1, 0.15) is 0 Å². The summed E-state index contributed by atoms with van der Waals surface area (Å²) in [6.45, 7) is 4.11. The van der Waals surface area contributed by atoms with Crippen molar-refractivity contribution in [2.75, 3.05) is 46.3 Å². The van der Waals surface area contributed by atoms with E-state index in [0.717, 1.165) is 49.4 Å². The van der Waals surface area contributed by atoms with Crippen molar-refractivity contribution in [1.82, 2.24) is 25.8 Å². The summed E-state index contributed by atoms with van der Waals surface area (Å²) in [5, 5.41) is 7.54. The number of nitrogens with zero attached hydrogens (tertiary/aromatic N) is 2. The van der Waals surface area contributed by atoms with Gasteiger partial charge in [-0.15, -0.1) is 0 Å². The highest BCUT2D eigenvalue weighted by Crippen LogP contribution is 2.03. The molecule has 0 fully saturated rings. The normalized spacial score (nSPS) is 13.1. The van der Waals surface area contributed by atoms with Crippen LogP contribution in [0.25, 0.3) is 0 Å². The second-order valence-electron chi connectivity index (χ2n) is 6.83. The number of hydrogen-bond acceptors (Lipinski definition) is 6. The molecule has 1 aliphatic heterocycles. The molecule has 0 aromatic heterocycles. The lowest BCUT2D eigenvalue weighted by molar-refractivity contribution is -0.137. The minimum atomic E-state index is -0.497. The Balaban J connectivity index is 2.06. The van der Waals surface area contributed by atoms with Crippen LogP contribution < -0.4 is 16.0 Å². The second-order valence-corrected chi connectivity index (χ2v) is 6.83. The Morgan fingerprint density at radius 3 is 2.07 bits per heavy atom. The molecular weight excluding hydrogens is 378 g/mol. The second kappa shape index (κ2) is 13.4. The van der Waals surface area contributed by atoms with Crippen molar-refractivity contribution >= 4 is 29.5 Å². The minimum absolute atomic E-state index is 0.0475. The molecule has 3 N–H and O–H groups in total. The molecule has 5 amide bonds. The minimum Gasteiger partial charge on any atom is -0.355 e. The number of hydrogen-bond donors (Lipinski definition) is 3. The smallest absolute Gasteiger partial charge is 0.253 e. The number of unbranched alkanes of at least 4 members (excludes halogenated alkanes) is 1. The Bertz CT molecular complexity index is 616. The summed E-state index contributed by atoms with van der Waals surface area (Å²) in [7, 11) is 2.05. The molecule has 0 radical (unpaired) electrons. The van der Waals surface area contributed by atoms with E-state index in [1.807, 2.05) is 7.05 Å². The average molecular weight is 409 g/mol. The van der Waals surface area contributed by atoms with Gasteiger partial charge < -0.3 is 20.9 Å². The lowest BCUT2D eigenvalue weighted by Gasteiger charge is -2.16. The van der Waals surface area contributed by atoms with Gasteiger partial charge in [0.2, 0.25) is 17.7 Å². The fraction of sp³-hybridized carbons (Fsp3) is 0.632. The highest BCUT2D eigenvalue weighted by Gasteiger charge is 2.23. The lowest BCUT2D eigenvalue weighted by atomic mass is 10.3. The van der Waals surface area contributed by atoms with Crippen LogP contribution in [0, 0.1) is 0 Å². The Kier molecular flexibility index (Phi) is 11.2. The van der Waals surface area contributed by atoms with Gasteiger partial charge in [-0.3, -0.25) is 28.9 Å². The molecule has 1 aliphatic rings. The van der Waals surface area contributed by atoms with Crippen molar-refractivity contribution in [3.05, 3.63) is 12.2 Å². The van der Waals surface area contributed by atoms with Crippen LogP contribution in [0.4, 0.5) is 0 Å². The van der Waals surface area contributed by atoms with Crippen molar-refractivity contribution < 1.29 is 24.0 Å². The van der Waals surface area contributed by atoms with E-state index in [4.69, 9.17) is 0 Å².